The van der Waals surface area contributed by atoms with E-state index >= 15 is 8.78 Å². The van der Waals surface area contributed by atoms with Gasteiger partial charge in [-0.1, -0.05) is 91.0 Å². The second-order valence-electron chi connectivity index (χ2n) is 8.69. The molecule has 1 aliphatic carbocycles. The van der Waals surface area contributed by atoms with Crippen molar-refractivity contribution in [3.8, 4) is 0 Å². The molecule has 0 unspecified atom stereocenters. The van der Waals surface area contributed by atoms with Crippen molar-refractivity contribution in [2.75, 3.05) is 6.61 Å². The van der Waals surface area contributed by atoms with Crippen molar-refractivity contribution in [3.63, 3.8) is 0 Å². The molecule has 0 saturated heterocycles. The summed E-state index contributed by atoms with van der Waals surface area (Å²) in [5.41, 5.74) is 2.40. The molecule has 186 valence electrons. The number of ether oxygens (including phenoxy) is 3. The van der Waals surface area contributed by atoms with E-state index in [0.29, 0.717) is 0 Å². The Balaban J connectivity index is 1.61. The zero-order valence-electron chi connectivity index (χ0n) is 19.3. The topological polar surface area (TPSA) is 68.2 Å². The van der Waals surface area contributed by atoms with Gasteiger partial charge in [0.05, 0.1) is 38.4 Å². The first-order valence-electron chi connectivity index (χ1n) is 11.6. The lowest BCUT2D eigenvalue weighted by molar-refractivity contribution is -0.301. The highest BCUT2D eigenvalue weighted by molar-refractivity contribution is 5.16. The lowest BCUT2D eigenvalue weighted by Gasteiger charge is -2.48. The van der Waals surface area contributed by atoms with E-state index < -0.39 is 42.9 Å². The molecule has 1 aliphatic rings. The highest BCUT2D eigenvalue weighted by atomic mass is 19.3. The van der Waals surface area contributed by atoms with Crippen molar-refractivity contribution in [1.82, 2.24) is 0 Å². The molecule has 0 aliphatic heterocycles. The quantitative estimate of drug-likeness (QED) is 0.448. The molecular formula is C28H30F2O5. The number of alkyl halides is 2. The van der Waals surface area contributed by atoms with Crippen LogP contribution in [0.5, 0.6) is 0 Å². The van der Waals surface area contributed by atoms with Crippen LogP contribution >= 0.6 is 0 Å². The minimum atomic E-state index is -3.65. The second-order valence-corrected chi connectivity index (χ2v) is 8.69. The summed E-state index contributed by atoms with van der Waals surface area (Å²) in [5, 5.41) is 20.7. The highest BCUT2D eigenvalue weighted by Gasteiger charge is 2.62. The Kier molecular flexibility index (Phi) is 8.59. The predicted octanol–water partition coefficient (Wildman–Crippen LogP) is 4.36. The van der Waals surface area contributed by atoms with Gasteiger partial charge in [0.15, 0.2) is 0 Å². The summed E-state index contributed by atoms with van der Waals surface area (Å²) in [6.45, 7) is -0.706. The minimum absolute atomic E-state index is 0.0129. The molecule has 5 atom stereocenters. The normalized spacial score (nSPS) is 25.9. The van der Waals surface area contributed by atoms with Gasteiger partial charge in [-0.2, -0.15) is 0 Å². The van der Waals surface area contributed by atoms with E-state index in [1.165, 1.54) is 0 Å². The average Bonchev–Trinajstić information content (AvgIpc) is 2.89. The van der Waals surface area contributed by atoms with E-state index in [4.69, 9.17) is 14.2 Å². The first-order valence-corrected chi connectivity index (χ1v) is 11.6. The van der Waals surface area contributed by atoms with Crippen LogP contribution in [0.1, 0.15) is 16.7 Å². The number of hydrogen-bond donors (Lipinski definition) is 2. The Morgan fingerprint density at radius 3 is 1.37 bits per heavy atom. The maximum Gasteiger partial charge on any atom is 0.283 e. The monoisotopic (exact) mass is 484 g/mol. The first-order chi connectivity index (χ1) is 17.0. The van der Waals surface area contributed by atoms with Crippen LogP contribution in [-0.4, -0.2) is 47.2 Å². The summed E-state index contributed by atoms with van der Waals surface area (Å²) >= 11 is 0. The van der Waals surface area contributed by atoms with Gasteiger partial charge in [-0.05, 0) is 16.7 Å². The van der Waals surface area contributed by atoms with Crippen LogP contribution < -0.4 is 0 Å². The molecule has 4 rings (SSSR count). The van der Waals surface area contributed by atoms with Crippen LogP contribution in [0.2, 0.25) is 0 Å². The van der Waals surface area contributed by atoms with Gasteiger partial charge in [0.25, 0.3) is 5.92 Å². The molecule has 3 aromatic carbocycles. The SMILES string of the molecule is OC[C@@H]1[C@@H](OCc2ccccc2)[C@H](OCc2ccccc2)[C@@H](OCc2ccccc2)[C@H](O)C1(F)F. The molecule has 5 nitrogen and oxygen atoms in total. The van der Waals surface area contributed by atoms with Crippen molar-refractivity contribution >= 4 is 0 Å². The van der Waals surface area contributed by atoms with Crippen LogP contribution in [0.3, 0.4) is 0 Å². The summed E-state index contributed by atoms with van der Waals surface area (Å²) < 4.78 is 48.6. The van der Waals surface area contributed by atoms with E-state index in [9.17, 15) is 10.2 Å². The Bertz CT molecular complexity index is 1020. The minimum Gasteiger partial charge on any atom is -0.396 e. The smallest absolute Gasteiger partial charge is 0.283 e. The zero-order chi connectivity index (χ0) is 24.7. The summed E-state index contributed by atoms with van der Waals surface area (Å²) in [6, 6.07) is 27.6. The molecule has 0 radical (unpaired) electrons. The number of aliphatic hydroxyl groups is 2. The maximum atomic E-state index is 15.3. The number of rotatable bonds is 10. The van der Waals surface area contributed by atoms with Gasteiger partial charge in [-0.3, -0.25) is 0 Å². The predicted molar refractivity (Wildman–Crippen MR) is 127 cm³/mol. The zero-order valence-corrected chi connectivity index (χ0v) is 19.3. The molecule has 0 bridgehead atoms. The third-order valence-electron chi connectivity index (χ3n) is 6.30. The first kappa shape index (κ1) is 25.4. The molecule has 3 aromatic rings. The lowest BCUT2D eigenvalue weighted by atomic mass is 9.77. The summed E-state index contributed by atoms with van der Waals surface area (Å²) in [5.74, 6) is -5.32. The van der Waals surface area contributed by atoms with Crippen molar-refractivity contribution in [3.05, 3.63) is 108 Å². The molecule has 35 heavy (non-hydrogen) atoms. The molecule has 1 saturated carbocycles. The van der Waals surface area contributed by atoms with Gasteiger partial charge >= 0.3 is 0 Å². The molecule has 0 heterocycles. The lowest BCUT2D eigenvalue weighted by Crippen LogP contribution is -2.67. The van der Waals surface area contributed by atoms with E-state index in [-0.39, 0.29) is 19.8 Å². The number of aliphatic hydroxyl groups excluding tert-OH is 2. The number of halogens is 2. The summed E-state index contributed by atoms with van der Waals surface area (Å²) in [6.07, 6.45) is -5.82. The van der Waals surface area contributed by atoms with Crippen LogP contribution in [-0.2, 0) is 34.0 Å². The summed E-state index contributed by atoms with van der Waals surface area (Å²) in [4.78, 5) is 0. The van der Waals surface area contributed by atoms with Crippen molar-refractivity contribution < 1.29 is 33.2 Å². The maximum absolute atomic E-state index is 15.3. The Morgan fingerprint density at radius 2 is 0.971 bits per heavy atom. The molecule has 0 aromatic heterocycles. The molecule has 0 amide bonds. The van der Waals surface area contributed by atoms with Gasteiger partial charge in [0, 0.05) is 0 Å². The average molecular weight is 485 g/mol. The third-order valence-corrected chi connectivity index (χ3v) is 6.30. The second kappa shape index (κ2) is 11.8. The number of hydrogen-bond acceptors (Lipinski definition) is 5. The largest absolute Gasteiger partial charge is 0.396 e. The fraction of sp³-hybridized carbons (Fsp3) is 0.357. The van der Waals surface area contributed by atoms with Crippen LogP contribution in [0.4, 0.5) is 8.78 Å². The van der Waals surface area contributed by atoms with Crippen molar-refractivity contribution in [2.45, 2.75) is 50.2 Å². The van der Waals surface area contributed by atoms with E-state index in [1.807, 2.05) is 91.0 Å². The Labute approximate surface area is 203 Å². The molecule has 7 heteroatoms. The van der Waals surface area contributed by atoms with Gasteiger partial charge < -0.3 is 24.4 Å². The third kappa shape index (κ3) is 6.12. The van der Waals surface area contributed by atoms with Gasteiger partial charge in [-0.15, -0.1) is 0 Å². The molecular weight excluding hydrogens is 454 g/mol. The Hall–Kier alpha value is -2.68. The van der Waals surface area contributed by atoms with E-state index in [0.717, 1.165) is 16.7 Å². The molecule has 2 N–H and O–H groups in total. The van der Waals surface area contributed by atoms with Crippen LogP contribution in [0, 0.1) is 5.92 Å². The molecule has 0 spiro atoms. The highest BCUT2D eigenvalue weighted by Crippen LogP contribution is 2.43. The Morgan fingerprint density at radius 1 is 0.600 bits per heavy atom. The van der Waals surface area contributed by atoms with E-state index in [2.05, 4.69) is 0 Å². The number of benzene rings is 3. The van der Waals surface area contributed by atoms with Gasteiger partial charge in [-0.25, -0.2) is 8.78 Å². The van der Waals surface area contributed by atoms with E-state index in [1.54, 1.807) is 0 Å². The summed E-state index contributed by atoms with van der Waals surface area (Å²) in [7, 11) is 0. The fourth-order valence-corrected chi connectivity index (χ4v) is 4.37. The fourth-order valence-electron chi connectivity index (χ4n) is 4.37. The standard InChI is InChI=1S/C28H30F2O5/c29-28(30)23(16-31)24(33-17-20-10-4-1-5-11-20)25(34-18-21-12-6-2-7-13-21)26(27(28)32)35-19-22-14-8-3-9-15-22/h1-15,23-27,31-32H,16-19H2/t23-,24-,25+,26-,27+/m1/s1. The van der Waals surface area contributed by atoms with Gasteiger partial charge in [0.1, 0.15) is 18.3 Å². The van der Waals surface area contributed by atoms with Crippen molar-refractivity contribution in [2.24, 2.45) is 5.92 Å². The van der Waals surface area contributed by atoms with Gasteiger partial charge in [0.2, 0.25) is 0 Å². The van der Waals surface area contributed by atoms with Crippen LogP contribution in [0.25, 0.3) is 0 Å². The van der Waals surface area contributed by atoms with Crippen LogP contribution in [0.15, 0.2) is 91.0 Å². The molecule has 1 fully saturated rings. The van der Waals surface area contributed by atoms with Crippen molar-refractivity contribution in [1.29, 1.82) is 0 Å².